The molecule has 1 aliphatic rings. The van der Waals surface area contributed by atoms with Gasteiger partial charge in [0.1, 0.15) is 11.5 Å². The molecule has 0 spiro atoms. The van der Waals surface area contributed by atoms with Crippen LogP contribution in [0.15, 0.2) is 72.3 Å². The van der Waals surface area contributed by atoms with Crippen molar-refractivity contribution in [1.29, 1.82) is 0 Å². The van der Waals surface area contributed by atoms with E-state index in [1.807, 2.05) is 60.7 Å². The van der Waals surface area contributed by atoms with Crippen molar-refractivity contribution >= 4 is 18.8 Å². The third-order valence-corrected chi connectivity index (χ3v) is 7.04. The molecule has 0 aromatic heterocycles. The SMILES string of the molecule is CCCC[C@@H](CC)CNP1(=O)C=C(c2ccccc2)OC(c2ccccc2)=C1. The molecule has 0 saturated heterocycles. The van der Waals surface area contributed by atoms with Gasteiger partial charge in [-0.3, -0.25) is 9.65 Å². The third-order valence-electron chi connectivity index (χ3n) is 5.12. The van der Waals surface area contributed by atoms with Crippen molar-refractivity contribution in [2.45, 2.75) is 39.5 Å². The molecular formula is C24H30NO2P. The molecule has 148 valence electrons. The molecule has 1 atom stereocenters. The van der Waals surface area contributed by atoms with E-state index in [0.29, 0.717) is 17.4 Å². The van der Waals surface area contributed by atoms with Crippen LogP contribution in [0.2, 0.25) is 0 Å². The van der Waals surface area contributed by atoms with E-state index in [1.165, 1.54) is 19.3 Å². The monoisotopic (exact) mass is 395 g/mol. The first-order chi connectivity index (χ1) is 13.6. The smallest absolute Gasteiger partial charge is 0.198 e. The van der Waals surface area contributed by atoms with Crippen molar-refractivity contribution in [3.63, 3.8) is 0 Å². The van der Waals surface area contributed by atoms with Gasteiger partial charge in [0.15, 0.2) is 7.29 Å². The molecule has 0 amide bonds. The van der Waals surface area contributed by atoms with E-state index in [-0.39, 0.29) is 0 Å². The Morgan fingerprint density at radius 2 is 1.43 bits per heavy atom. The molecule has 0 bridgehead atoms. The topological polar surface area (TPSA) is 38.3 Å². The molecule has 1 aliphatic heterocycles. The molecule has 0 radical (unpaired) electrons. The molecule has 28 heavy (non-hydrogen) atoms. The average molecular weight is 395 g/mol. The summed E-state index contributed by atoms with van der Waals surface area (Å²) < 4.78 is 19.9. The third kappa shape index (κ3) is 5.47. The van der Waals surface area contributed by atoms with Crippen molar-refractivity contribution < 1.29 is 9.30 Å². The summed E-state index contributed by atoms with van der Waals surface area (Å²) in [7, 11) is -2.85. The van der Waals surface area contributed by atoms with E-state index in [1.54, 1.807) is 11.6 Å². The van der Waals surface area contributed by atoms with Crippen LogP contribution in [0.5, 0.6) is 0 Å². The van der Waals surface area contributed by atoms with E-state index >= 15 is 0 Å². The molecule has 0 aliphatic carbocycles. The van der Waals surface area contributed by atoms with Crippen LogP contribution < -0.4 is 5.09 Å². The summed E-state index contributed by atoms with van der Waals surface area (Å²) in [6.07, 6.45) is 4.66. The van der Waals surface area contributed by atoms with Gasteiger partial charge >= 0.3 is 0 Å². The van der Waals surface area contributed by atoms with Gasteiger partial charge in [-0.2, -0.15) is 0 Å². The summed E-state index contributed by atoms with van der Waals surface area (Å²) >= 11 is 0. The summed E-state index contributed by atoms with van der Waals surface area (Å²) in [5, 5.41) is 3.38. The molecule has 4 heteroatoms. The van der Waals surface area contributed by atoms with Crippen LogP contribution in [0.3, 0.4) is 0 Å². The summed E-state index contributed by atoms with van der Waals surface area (Å²) in [5.74, 6) is 5.40. The van der Waals surface area contributed by atoms with Gasteiger partial charge in [-0.1, -0.05) is 93.8 Å². The van der Waals surface area contributed by atoms with Gasteiger partial charge in [-0.05, 0) is 12.3 Å². The Kier molecular flexibility index (Phi) is 7.30. The second-order valence-corrected chi connectivity index (χ2v) is 9.56. The second kappa shape index (κ2) is 9.91. The Labute approximate surface area is 168 Å². The number of unbranched alkanes of at least 4 members (excludes halogenated alkanes) is 1. The van der Waals surface area contributed by atoms with Crippen molar-refractivity contribution in [1.82, 2.24) is 5.09 Å². The molecule has 3 nitrogen and oxygen atoms in total. The highest BCUT2D eigenvalue weighted by Gasteiger charge is 2.27. The predicted molar refractivity (Wildman–Crippen MR) is 119 cm³/mol. The van der Waals surface area contributed by atoms with Crippen LogP contribution in [-0.4, -0.2) is 6.54 Å². The lowest BCUT2D eigenvalue weighted by Crippen LogP contribution is -2.20. The Morgan fingerprint density at radius 3 is 1.89 bits per heavy atom. The number of ether oxygens (including phenoxy) is 1. The first kappa shape index (κ1) is 20.6. The maximum Gasteiger partial charge on any atom is 0.198 e. The number of rotatable bonds is 9. The first-order valence-corrected chi connectivity index (χ1v) is 12.1. The fourth-order valence-corrected chi connectivity index (χ4v) is 5.24. The molecule has 0 fully saturated rings. The van der Waals surface area contributed by atoms with Crippen molar-refractivity contribution in [2.75, 3.05) is 6.54 Å². The van der Waals surface area contributed by atoms with Crippen LogP contribution in [-0.2, 0) is 9.30 Å². The fourth-order valence-electron chi connectivity index (χ4n) is 3.33. The van der Waals surface area contributed by atoms with Crippen molar-refractivity contribution in [3.05, 3.63) is 83.4 Å². The van der Waals surface area contributed by atoms with Crippen LogP contribution in [0.1, 0.15) is 50.7 Å². The number of benzene rings is 2. The van der Waals surface area contributed by atoms with Gasteiger partial charge in [-0.15, -0.1) is 0 Å². The Morgan fingerprint density at radius 1 is 0.893 bits per heavy atom. The average Bonchev–Trinajstić information content (AvgIpc) is 2.75. The summed E-state index contributed by atoms with van der Waals surface area (Å²) in [5.41, 5.74) is 1.87. The highest BCUT2D eigenvalue weighted by molar-refractivity contribution is 7.68. The summed E-state index contributed by atoms with van der Waals surface area (Å²) in [6.45, 7) is 5.17. The maximum atomic E-state index is 13.8. The fraction of sp³-hybridized carbons (Fsp3) is 0.333. The molecule has 2 aromatic carbocycles. The van der Waals surface area contributed by atoms with E-state index in [9.17, 15) is 4.57 Å². The Hall–Kier alpha value is -2.09. The van der Waals surface area contributed by atoms with Crippen LogP contribution in [0.4, 0.5) is 0 Å². The minimum atomic E-state index is -2.85. The normalized spacial score (nSPS) is 16.6. The maximum absolute atomic E-state index is 13.8. The standard InChI is InChI=1S/C24H30NO2P/c1-3-5-12-20(4-2)17-25-28(26)18-23(21-13-8-6-9-14-21)27-24(19-28)22-15-10-7-11-16-22/h6-11,13-16,18-20H,3-5,12,17H2,1-2H3,(H,25,26)/t20-/m1/s1. The largest absolute Gasteiger partial charge is 0.456 e. The highest BCUT2D eigenvalue weighted by Crippen LogP contribution is 2.53. The van der Waals surface area contributed by atoms with Gasteiger partial charge in [-0.25, -0.2) is 0 Å². The van der Waals surface area contributed by atoms with E-state index in [2.05, 4.69) is 18.9 Å². The van der Waals surface area contributed by atoms with Gasteiger partial charge in [0.05, 0.1) is 0 Å². The zero-order chi connectivity index (χ0) is 19.8. The van der Waals surface area contributed by atoms with Crippen molar-refractivity contribution in [3.8, 4) is 0 Å². The number of nitrogens with one attached hydrogen (secondary N) is 1. The molecule has 1 heterocycles. The lowest BCUT2D eigenvalue weighted by molar-refractivity contribution is 0.443. The number of hydrogen-bond donors (Lipinski definition) is 1. The van der Waals surface area contributed by atoms with Gasteiger partial charge in [0.2, 0.25) is 0 Å². The minimum absolute atomic E-state index is 0.538. The van der Waals surface area contributed by atoms with Gasteiger partial charge in [0, 0.05) is 29.3 Å². The van der Waals surface area contributed by atoms with Crippen LogP contribution in [0.25, 0.3) is 11.5 Å². The quantitative estimate of drug-likeness (QED) is 0.460. The molecule has 0 unspecified atom stereocenters. The molecule has 3 rings (SSSR count). The van der Waals surface area contributed by atoms with E-state index in [0.717, 1.165) is 24.1 Å². The molecule has 2 aromatic rings. The Balaban J connectivity index is 1.88. The first-order valence-electron chi connectivity index (χ1n) is 10.2. The molecule has 0 saturated carbocycles. The van der Waals surface area contributed by atoms with Gasteiger partial charge < -0.3 is 4.74 Å². The van der Waals surface area contributed by atoms with Crippen LogP contribution >= 0.6 is 7.29 Å². The highest BCUT2D eigenvalue weighted by atomic mass is 31.2. The zero-order valence-corrected chi connectivity index (χ0v) is 17.7. The minimum Gasteiger partial charge on any atom is -0.456 e. The molecule has 1 N–H and O–H groups in total. The summed E-state index contributed by atoms with van der Waals surface area (Å²) in [4.78, 5) is 0. The van der Waals surface area contributed by atoms with E-state index < -0.39 is 7.29 Å². The second-order valence-electron chi connectivity index (χ2n) is 7.31. The zero-order valence-electron chi connectivity index (χ0n) is 16.8. The van der Waals surface area contributed by atoms with Gasteiger partial charge in [0.25, 0.3) is 0 Å². The van der Waals surface area contributed by atoms with E-state index in [4.69, 9.17) is 4.74 Å². The molecular weight excluding hydrogens is 365 g/mol. The number of hydrogen-bond acceptors (Lipinski definition) is 2. The predicted octanol–water partition coefficient (Wildman–Crippen LogP) is 7.10. The van der Waals surface area contributed by atoms with Crippen molar-refractivity contribution in [2.24, 2.45) is 5.92 Å². The lowest BCUT2D eigenvalue weighted by atomic mass is 10.00. The Bertz CT molecular complexity index is 799. The summed E-state index contributed by atoms with van der Waals surface area (Å²) in [6, 6.07) is 19.8. The van der Waals surface area contributed by atoms with Crippen LogP contribution in [0, 0.1) is 5.92 Å². The lowest BCUT2D eigenvalue weighted by Gasteiger charge is -2.25.